The second-order valence-electron chi connectivity index (χ2n) is 5.12. The molecule has 0 aliphatic heterocycles. The molecule has 2 N–H and O–H groups in total. The Balaban J connectivity index is 1.87. The third-order valence-electron chi connectivity index (χ3n) is 3.53. The summed E-state index contributed by atoms with van der Waals surface area (Å²) in [5, 5.41) is 13.7. The number of nitrogens with one attached hydrogen (secondary N) is 2. The predicted molar refractivity (Wildman–Crippen MR) is 82.1 cm³/mol. The van der Waals surface area contributed by atoms with Crippen LogP contribution in [-0.2, 0) is 4.79 Å². The van der Waals surface area contributed by atoms with Gasteiger partial charge in [0.25, 0.3) is 0 Å². The van der Waals surface area contributed by atoms with E-state index in [4.69, 9.17) is 0 Å². The Morgan fingerprint density at radius 2 is 2.09 bits per heavy atom. The summed E-state index contributed by atoms with van der Waals surface area (Å²) >= 11 is 0. The number of carbonyl (C=O) groups excluding carboxylic acids is 1. The number of halogens is 1. The molecule has 118 valence electrons. The van der Waals surface area contributed by atoms with Gasteiger partial charge in [0.05, 0.1) is 0 Å². The maximum Gasteiger partial charge on any atom is 0.250 e. The number of nitrogens with zero attached hydrogens (tertiary/aromatic N) is 4. The van der Waals surface area contributed by atoms with Gasteiger partial charge in [0.2, 0.25) is 5.91 Å². The number of anilines is 1. The summed E-state index contributed by atoms with van der Waals surface area (Å²) in [6.45, 7) is 3.54. The Morgan fingerprint density at radius 3 is 2.74 bits per heavy atom. The molecule has 0 bridgehead atoms. The van der Waals surface area contributed by atoms with Crippen LogP contribution in [0.1, 0.15) is 18.7 Å². The highest BCUT2D eigenvalue weighted by atomic mass is 19.1. The van der Waals surface area contributed by atoms with Crippen molar-refractivity contribution < 1.29 is 9.18 Å². The zero-order valence-corrected chi connectivity index (χ0v) is 12.6. The summed E-state index contributed by atoms with van der Waals surface area (Å²) in [6.07, 6.45) is 2.84. The first-order valence-corrected chi connectivity index (χ1v) is 7.02. The monoisotopic (exact) mass is 314 g/mol. The summed E-state index contributed by atoms with van der Waals surface area (Å²) in [4.78, 5) is 16.2. The zero-order valence-electron chi connectivity index (χ0n) is 12.6. The first-order valence-electron chi connectivity index (χ1n) is 7.02. The van der Waals surface area contributed by atoms with Crippen LogP contribution in [0.25, 0.3) is 11.1 Å². The van der Waals surface area contributed by atoms with Gasteiger partial charge in [-0.15, -0.1) is 0 Å². The van der Waals surface area contributed by atoms with Crippen molar-refractivity contribution in [3.05, 3.63) is 48.4 Å². The summed E-state index contributed by atoms with van der Waals surface area (Å²) in [6, 6.07) is 5.49. The minimum Gasteiger partial charge on any atom is -0.307 e. The van der Waals surface area contributed by atoms with E-state index in [9.17, 15) is 9.18 Å². The number of H-pyrrole nitrogens is 1. The van der Waals surface area contributed by atoms with E-state index in [0.717, 1.165) is 16.8 Å². The van der Waals surface area contributed by atoms with Crippen molar-refractivity contribution in [3.63, 3.8) is 0 Å². The zero-order chi connectivity index (χ0) is 16.4. The number of aromatic nitrogens is 5. The number of aryl methyl sites for hydroxylation is 1. The largest absolute Gasteiger partial charge is 0.307 e. The van der Waals surface area contributed by atoms with Gasteiger partial charge in [-0.2, -0.15) is 10.2 Å². The van der Waals surface area contributed by atoms with Gasteiger partial charge in [-0.3, -0.25) is 9.89 Å². The highest BCUT2D eigenvalue weighted by molar-refractivity contribution is 5.96. The lowest BCUT2D eigenvalue weighted by molar-refractivity contribution is -0.119. The van der Waals surface area contributed by atoms with Crippen molar-refractivity contribution in [2.24, 2.45) is 0 Å². The van der Waals surface area contributed by atoms with E-state index in [1.165, 1.54) is 29.5 Å². The molecule has 0 spiro atoms. The number of carbonyl (C=O) groups is 1. The van der Waals surface area contributed by atoms with Crippen molar-refractivity contribution in [2.45, 2.75) is 19.9 Å². The van der Waals surface area contributed by atoms with Crippen molar-refractivity contribution in [1.29, 1.82) is 0 Å². The van der Waals surface area contributed by atoms with Gasteiger partial charge in [-0.05, 0) is 31.5 Å². The number of hydrogen-bond acceptors (Lipinski definition) is 4. The molecular weight excluding hydrogens is 299 g/mol. The van der Waals surface area contributed by atoms with Crippen molar-refractivity contribution >= 4 is 11.7 Å². The summed E-state index contributed by atoms with van der Waals surface area (Å²) in [7, 11) is 0. The molecule has 1 atom stereocenters. The second kappa shape index (κ2) is 5.99. The average molecular weight is 314 g/mol. The van der Waals surface area contributed by atoms with E-state index in [2.05, 4.69) is 25.6 Å². The van der Waals surface area contributed by atoms with E-state index in [-0.39, 0.29) is 11.7 Å². The molecular formula is C15H15FN6O. The van der Waals surface area contributed by atoms with Crippen molar-refractivity contribution in [3.8, 4) is 11.1 Å². The summed E-state index contributed by atoms with van der Waals surface area (Å²) in [5.41, 5.74) is 2.27. The Kier molecular flexibility index (Phi) is 3.88. The Labute approximate surface area is 131 Å². The maximum atomic E-state index is 13.1. The molecule has 0 saturated carbocycles. The average Bonchev–Trinajstić information content (AvgIpc) is 3.18. The smallest absolute Gasteiger partial charge is 0.250 e. The fourth-order valence-corrected chi connectivity index (χ4v) is 2.25. The van der Waals surface area contributed by atoms with Crippen LogP contribution in [-0.4, -0.2) is 30.9 Å². The lowest BCUT2D eigenvalue weighted by Gasteiger charge is -2.12. The fraction of sp³-hybridized carbons (Fsp3) is 0.200. The van der Waals surface area contributed by atoms with Crippen LogP contribution in [0.3, 0.4) is 0 Å². The van der Waals surface area contributed by atoms with Gasteiger partial charge in [0.1, 0.15) is 24.5 Å². The number of amides is 1. The fourth-order valence-electron chi connectivity index (χ4n) is 2.25. The highest BCUT2D eigenvalue weighted by Gasteiger charge is 2.20. The SMILES string of the molecule is Cc1[nH]nc(NC(=O)C(C)n2cncn2)c1-c1ccc(F)cc1. The maximum absolute atomic E-state index is 13.1. The van der Waals surface area contributed by atoms with Crippen LogP contribution in [0.5, 0.6) is 0 Å². The van der Waals surface area contributed by atoms with E-state index < -0.39 is 6.04 Å². The Bertz CT molecular complexity index is 809. The molecule has 8 heteroatoms. The molecule has 1 amide bonds. The molecule has 2 heterocycles. The number of rotatable bonds is 4. The normalized spacial score (nSPS) is 12.1. The van der Waals surface area contributed by atoms with Crippen LogP contribution in [0.4, 0.5) is 10.2 Å². The van der Waals surface area contributed by atoms with Gasteiger partial charge in [0.15, 0.2) is 5.82 Å². The van der Waals surface area contributed by atoms with E-state index >= 15 is 0 Å². The third-order valence-corrected chi connectivity index (χ3v) is 3.53. The molecule has 1 aromatic carbocycles. The Morgan fingerprint density at radius 1 is 1.35 bits per heavy atom. The van der Waals surface area contributed by atoms with Gasteiger partial charge < -0.3 is 5.32 Å². The standard InChI is InChI=1S/C15H15FN6O/c1-9-13(11-3-5-12(16)6-4-11)14(21-20-9)19-15(23)10(2)22-8-17-7-18-22/h3-8,10H,1-2H3,(H2,19,20,21,23). The van der Waals surface area contributed by atoms with Crippen LogP contribution < -0.4 is 5.32 Å². The molecule has 2 aromatic heterocycles. The third kappa shape index (κ3) is 2.96. The minimum atomic E-state index is -0.532. The molecule has 0 saturated heterocycles. The predicted octanol–water partition coefficient (Wildman–Crippen LogP) is 2.32. The molecule has 0 aliphatic rings. The molecule has 0 fully saturated rings. The van der Waals surface area contributed by atoms with E-state index in [1.54, 1.807) is 19.1 Å². The molecule has 0 radical (unpaired) electrons. The van der Waals surface area contributed by atoms with Crippen LogP contribution in [0, 0.1) is 12.7 Å². The lowest BCUT2D eigenvalue weighted by Crippen LogP contribution is -2.24. The van der Waals surface area contributed by atoms with Gasteiger partial charge in [0, 0.05) is 11.3 Å². The molecule has 3 aromatic rings. The van der Waals surface area contributed by atoms with Gasteiger partial charge in [-0.25, -0.2) is 14.1 Å². The second-order valence-corrected chi connectivity index (χ2v) is 5.12. The number of hydrogen-bond donors (Lipinski definition) is 2. The summed E-state index contributed by atoms with van der Waals surface area (Å²) in [5.74, 6) is -0.197. The number of aromatic amines is 1. The number of benzene rings is 1. The molecule has 0 aliphatic carbocycles. The topological polar surface area (TPSA) is 88.5 Å². The molecule has 1 unspecified atom stereocenters. The van der Waals surface area contributed by atoms with Crippen molar-refractivity contribution in [2.75, 3.05) is 5.32 Å². The molecule has 7 nitrogen and oxygen atoms in total. The molecule has 23 heavy (non-hydrogen) atoms. The minimum absolute atomic E-state index is 0.273. The van der Waals surface area contributed by atoms with E-state index in [0.29, 0.717) is 5.82 Å². The molecule has 3 rings (SSSR count). The highest BCUT2D eigenvalue weighted by Crippen LogP contribution is 2.29. The van der Waals surface area contributed by atoms with Gasteiger partial charge >= 0.3 is 0 Å². The van der Waals surface area contributed by atoms with Crippen LogP contribution in [0.2, 0.25) is 0 Å². The lowest BCUT2D eigenvalue weighted by atomic mass is 10.1. The van der Waals surface area contributed by atoms with Crippen LogP contribution in [0.15, 0.2) is 36.9 Å². The van der Waals surface area contributed by atoms with E-state index in [1.807, 2.05) is 6.92 Å². The van der Waals surface area contributed by atoms with Crippen molar-refractivity contribution in [1.82, 2.24) is 25.0 Å². The quantitative estimate of drug-likeness (QED) is 0.773. The first-order chi connectivity index (χ1) is 11.1. The first kappa shape index (κ1) is 14.9. The van der Waals surface area contributed by atoms with Crippen LogP contribution >= 0.6 is 0 Å². The summed E-state index contributed by atoms with van der Waals surface area (Å²) < 4.78 is 14.5. The van der Waals surface area contributed by atoms with Gasteiger partial charge in [-0.1, -0.05) is 12.1 Å². The Hall–Kier alpha value is -3.03.